The number of carbonyl (C=O) groups excluding carboxylic acids is 2. The van der Waals surface area contributed by atoms with Crippen LogP contribution in [0.4, 0.5) is 0 Å². The van der Waals surface area contributed by atoms with E-state index in [0.29, 0.717) is 12.4 Å². The molecule has 30 heavy (non-hydrogen) atoms. The zero-order chi connectivity index (χ0) is 22.0. The average Bonchev–Trinajstić information content (AvgIpc) is 2.74. The molecule has 2 aromatic carbocycles. The van der Waals surface area contributed by atoms with Crippen molar-refractivity contribution in [1.82, 2.24) is 0 Å². The lowest BCUT2D eigenvalue weighted by molar-refractivity contribution is -0.141. The van der Waals surface area contributed by atoms with Gasteiger partial charge in [-0.1, -0.05) is 44.7 Å². The summed E-state index contributed by atoms with van der Waals surface area (Å²) in [7, 11) is 0. The van der Waals surface area contributed by atoms with E-state index in [1.54, 1.807) is 0 Å². The summed E-state index contributed by atoms with van der Waals surface area (Å²) < 4.78 is 20.9. The number of carbonyl (C=O) groups is 2. The van der Waals surface area contributed by atoms with Crippen molar-refractivity contribution < 1.29 is 28.5 Å². The highest BCUT2D eigenvalue weighted by Gasteiger charge is 2.23. The summed E-state index contributed by atoms with van der Waals surface area (Å²) in [6.45, 7) is 10.0. The second-order valence-corrected chi connectivity index (χ2v) is 7.08. The van der Waals surface area contributed by atoms with Crippen LogP contribution >= 0.6 is 0 Å². The predicted molar refractivity (Wildman–Crippen MR) is 114 cm³/mol. The van der Waals surface area contributed by atoms with E-state index < -0.39 is 5.97 Å². The van der Waals surface area contributed by atoms with Crippen LogP contribution in [0.2, 0.25) is 0 Å². The van der Waals surface area contributed by atoms with E-state index in [-0.39, 0.29) is 31.2 Å². The largest absolute Gasteiger partial charge is 0.490 e. The van der Waals surface area contributed by atoms with Crippen LogP contribution < -0.4 is 9.47 Å². The van der Waals surface area contributed by atoms with E-state index in [4.69, 9.17) is 18.9 Å². The quantitative estimate of drug-likeness (QED) is 0.315. The molecule has 0 aliphatic heterocycles. The normalized spacial score (nSPS) is 10.8. The summed E-state index contributed by atoms with van der Waals surface area (Å²) in [5.41, 5.74) is 2.06. The van der Waals surface area contributed by atoms with Crippen molar-refractivity contribution in [2.75, 3.05) is 26.4 Å². The Morgan fingerprint density at radius 2 is 1.23 bits per heavy atom. The number of rotatable bonds is 11. The molecule has 0 aromatic heterocycles. The lowest BCUT2D eigenvalue weighted by Gasteiger charge is -2.26. The molecule has 160 valence electrons. The first kappa shape index (κ1) is 23.0. The molecule has 0 aliphatic rings. The highest BCUT2D eigenvalue weighted by atomic mass is 16.6. The highest BCUT2D eigenvalue weighted by Crippen LogP contribution is 2.33. The summed E-state index contributed by atoms with van der Waals surface area (Å²) in [5.74, 6) is 0.656. The van der Waals surface area contributed by atoms with Crippen molar-refractivity contribution in [3.05, 3.63) is 72.3 Å². The van der Waals surface area contributed by atoms with Crippen molar-refractivity contribution in [3.63, 3.8) is 0 Å². The van der Waals surface area contributed by atoms with Gasteiger partial charge in [0, 0.05) is 18.4 Å². The molecule has 2 aromatic rings. The highest BCUT2D eigenvalue weighted by molar-refractivity contribution is 5.81. The van der Waals surface area contributed by atoms with Gasteiger partial charge in [0.1, 0.15) is 37.9 Å². The zero-order valence-electron chi connectivity index (χ0n) is 17.7. The zero-order valence-corrected chi connectivity index (χ0v) is 17.7. The van der Waals surface area contributed by atoms with E-state index in [0.717, 1.165) is 23.0 Å². The molecule has 0 radical (unpaired) electrons. The summed E-state index contributed by atoms with van der Waals surface area (Å²) in [6.07, 6.45) is 1.12. The van der Waals surface area contributed by atoms with E-state index in [1.165, 1.54) is 6.92 Å². The van der Waals surface area contributed by atoms with Gasteiger partial charge in [-0.15, -0.1) is 0 Å². The van der Waals surface area contributed by atoms with Crippen molar-refractivity contribution in [3.8, 4) is 11.5 Å². The van der Waals surface area contributed by atoms with Crippen molar-refractivity contribution in [2.24, 2.45) is 0 Å². The molecule has 0 spiro atoms. The Bertz CT molecular complexity index is 837. The SMILES string of the molecule is C=CC(=O)OCCOc1ccc(C(C)(C)c2ccc(OCCOC(C)=O)cc2)cc1. The number of hydrogen-bond donors (Lipinski definition) is 0. The van der Waals surface area contributed by atoms with Crippen LogP contribution in [-0.2, 0) is 24.5 Å². The Morgan fingerprint density at radius 1 is 0.800 bits per heavy atom. The number of hydrogen-bond acceptors (Lipinski definition) is 6. The molecule has 0 heterocycles. The minimum atomic E-state index is -0.462. The Balaban J connectivity index is 1.91. The van der Waals surface area contributed by atoms with E-state index in [2.05, 4.69) is 20.4 Å². The molecular formula is C24H28O6. The van der Waals surface area contributed by atoms with Crippen molar-refractivity contribution in [1.29, 1.82) is 0 Å². The number of benzene rings is 2. The Hall–Kier alpha value is -3.28. The smallest absolute Gasteiger partial charge is 0.330 e. The van der Waals surface area contributed by atoms with Crippen LogP contribution in [0, 0.1) is 0 Å². The number of ether oxygens (including phenoxy) is 4. The predicted octanol–water partition coefficient (Wildman–Crippen LogP) is 4.06. The fourth-order valence-electron chi connectivity index (χ4n) is 2.81. The molecule has 0 aliphatic carbocycles. The van der Waals surface area contributed by atoms with Gasteiger partial charge in [-0.05, 0) is 35.4 Å². The molecule has 6 nitrogen and oxygen atoms in total. The third kappa shape index (κ3) is 6.95. The van der Waals surface area contributed by atoms with Gasteiger partial charge in [0.2, 0.25) is 0 Å². The van der Waals surface area contributed by atoms with Gasteiger partial charge >= 0.3 is 11.9 Å². The number of esters is 2. The molecule has 0 saturated carbocycles. The fourth-order valence-corrected chi connectivity index (χ4v) is 2.81. The first-order chi connectivity index (χ1) is 14.3. The molecule has 0 unspecified atom stereocenters. The molecule has 0 fully saturated rings. The average molecular weight is 412 g/mol. The molecule has 6 heteroatoms. The molecule has 0 saturated heterocycles. The van der Waals surface area contributed by atoms with E-state index in [1.807, 2.05) is 48.5 Å². The standard InChI is InChI=1S/C24H28O6/c1-5-23(26)30-17-16-29-22-12-8-20(9-13-22)24(3,4)19-6-10-21(11-7-19)28-15-14-27-18(2)25/h5-13H,1,14-17H2,2-4H3. The van der Waals surface area contributed by atoms with Crippen LogP contribution in [0.25, 0.3) is 0 Å². The Labute approximate surface area is 177 Å². The lowest BCUT2D eigenvalue weighted by atomic mass is 9.78. The van der Waals surface area contributed by atoms with Gasteiger partial charge in [-0.2, -0.15) is 0 Å². The van der Waals surface area contributed by atoms with Gasteiger partial charge in [-0.25, -0.2) is 4.79 Å². The molecule has 0 atom stereocenters. The van der Waals surface area contributed by atoms with Gasteiger partial charge in [0.15, 0.2) is 0 Å². The van der Waals surface area contributed by atoms with Crippen molar-refractivity contribution in [2.45, 2.75) is 26.2 Å². The first-order valence-electron chi connectivity index (χ1n) is 9.72. The van der Waals surface area contributed by atoms with Crippen LogP contribution in [-0.4, -0.2) is 38.4 Å². The molecule has 2 rings (SSSR count). The third-order valence-corrected chi connectivity index (χ3v) is 4.57. The third-order valence-electron chi connectivity index (χ3n) is 4.57. The minimum absolute atomic E-state index is 0.174. The first-order valence-corrected chi connectivity index (χ1v) is 9.72. The molecule has 0 N–H and O–H groups in total. The monoisotopic (exact) mass is 412 g/mol. The summed E-state index contributed by atoms with van der Waals surface area (Å²) >= 11 is 0. The second-order valence-electron chi connectivity index (χ2n) is 7.08. The lowest BCUT2D eigenvalue weighted by Crippen LogP contribution is -2.19. The van der Waals surface area contributed by atoms with E-state index >= 15 is 0 Å². The van der Waals surface area contributed by atoms with Gasteiger partial charge < -0.3 is 18.9 Å². The second kappa shape index (κ2) is 11.0. The van der Waals surface area contributed by atoms with E-state index in [9.17, 15) is 9.59 Å². The molecular weight excluding hydrogens is 384 g/mol. The molecule has 0 bridgehead atoms. The summed E-state index contributed by atoms with van der Waals surface area (Å²) in [5, 5.41) is 0. The Kier molecular flexibility index (Phi) is 8.47. The Morgan fingerprint density at radius 3 is 1.63 bits per heavy atom. The minimum Gasteiger partial charge on any atom is -0.490 e. The van der Waals surface area contributed by atoms with Gasteiger partial charge in [0.25, 0.3) is 0 Å². The van der Waals surface area contributed by atoms with Gasteiger partial charge in [-0.3, -0.25) is 4.79 Å². The van der Waals surface area contributed by atoms with Gasteiger partial charge in [0.05, 0.1) is 0 Å². The van der Waals surface area contributed by atoms with Crippen LogP contribution in [0.3, 0.4) is 0 Å². The summed E-state index contributed by atoms with van der Waals surface area (Å²) in [6, 6.07) is 15.7. The maximum absolute atomic E-state index is 11.0. The topological polar surface area (TPSA) is 71.1 Å². The maximum Gasteiger partial charge on any atom is 0.330 e. The van der Waals surface area contributed by atoms with Crippen LogP contribution in [0.15, 0.2) is 61.2 Å². The fraction of sp³-hybridized carbons (Fsp3) is 0.333. The van der Waals surface area contributed by atoms with Crippen LogP contribution in [0.1, 0.15) is 31.9 Å². The summed E-state index contributed by atoms with van der Waals surface area (Å²) in [4.78, 5) is 21.8. The van der Waals surface area contributed by atoms with Crippen LogP contribution in [0.5, 0.6) is 11.5 Å². The maximum atomic E-state index is 11.0. The molecule has 0 amide bonds. The van der Waals surface area contributed by atoms with Crippen molar-refractivity contribution >= 4 is 11.9 Å².